The minimum absolute atomic E-state index is 0.00192. The smallest absolute Gasteiger partial charge is 0.325 e. The van der Waals surface area contributed by atoms with Crippen LogP contribution in [-0.2, 0) is 16.1 Å². The Balaban J connectivity index is 1.98. The molecule has 0 atom stereocenters. The van der Waals surface area contributed by atoms with Crippen molar-refractivity contribution in [2.24, 2.45) is 5.41 Å². The third-order valence-electron chi connectivity index (χ3n) is 3.69. The molecule has 0 radical (unpaired) electrons. The SMILES string of the molecule is CC1(C(=O)Nc2cnn(CC(=O)O)c2)CCCCC1. The van der Waals surface area contributed by atoms with E-state index in [0.29, 0.717) is 5.69 Å². The van der Waals surface area contributed by atoms with Crippen molar-refractivity contribution >= 4 is 17.6 Å². The van der Waals surface area contributed by atoms with Crippen LogP contribution >= 0.6 is 0 Å². The maximum absolute atomic E-state index is 12.3. The molecule has 0 saturated heterocycles. The second-order valence-corrected chi connectivity index (χ2v) is 5.40. The van der Waals surface area contributed by atoms with Crippen LogP contribution in [0.1, 0.15) is 39.0 Å². The van der Waals surface area contributed by atoms with Crippen molar-refractivity contribution in [1.29, 1.82) is 0 Å². The zero-order valence-electron chi connectivity index (χ0n) is 11.1. The highest BCUT2D eigenvalue weighted by molar-refractivity contribution is 5.94. The fraction of sp³-hybridized carbons (Fsp3) is 0.615. The van der Waals surface area contributed by atoms with E-state index in [1.807, 2.05) is 6.92 Å². The highest BCUT2D eigenvalue weighted by Gasteiger charge is 2.34. The lowest BCUT2D eigenvalue weighted by atomic mass is 9.75. The molecule has 0 aromatic carbocycles. The molecular weight excluding hydrogens is 246 g/mol. The number of amides is 1. The summed E-state index contributed by atoms with van der Waals surface area (Å²) in [5.41, 5.74) is 0.241. The average molecular weight is 265 g/mol. The van der Waals surface area contributed by atoms with Crippen molar-refractivity contribution in [2.45, 2.75) is 45.6 Å². The number of aliphatic carboxylic acids is 1. The predicted molar refractivity (Wildman–Crippen MR) is 69.7 cm³/mol. The second kappa shape index (κ2) is 5.42. The largest absolute Gasteiger partial charge is 0.480 e. The molecule has 2 rings (SSSR count). The lowest BCUT2D eigenvalue weighted by Gasteiger charge is -2.31. The standard InChI is InChI=1S/C13H19N3O3/c1-13(5-3-2-4-6-13)12(19)15-10-7-14-16(8-10)9-11(17)18/h7-8H,2-6,9H2,1H3,(H,15,19)(H,17,18). The third-order valence-corrected chi connectivity index (χ3v) is 3.69. The van der Waals surface area contributed by atoms with Gasteiger partial charge in [0.15, 0.2) is 0 Å². The molecule has 6 heteroatoms. The molecule has 0 bridgehead atoms. The normalized spacial score (nSPS) is 17.9. The monoisotopic (exact) mass is 265 g/mol. The Morgan fingerprint density at radius 3 is 2.74 bits per heavy atom. The van der Waals surface area contributed by atoms with Crippen LogP contribution in [0, 0.1) is 5.41 Å². The Hall–Kier alpha value is -1.85. The molecular formula is C13H19N3O3. The lowest BCUT2D eigenvalue weighted by Crippen LogP contribution is -2.35. The van der Waals surface area contributed by atoms with Crippen molar-refractivity contribution in [1.82, 2.24) is 9.78 Å². The van der Waals surface area contributed by atoms with Gasteiger partial charge in [-0.05, 0) is 12.8 Å². The fourth-order valence-corrected chi connectivity index (χ4v) is 2.49. The van der Waals surface area contributed by atoms with E-state index >= 15 is 0 Å². The van der Waals surface area contributed by atoms with Gasteiger partial charge in [0.1, 0.15) is 6.54 Å². The van der Waals surface area contributed by atoms with Gasteiger partial charge in [-0.25, -0.2) is 0 Å². The van der Waals surface area contributed by atoms with Crippen LogP contribution in [0.15, 0.2) is 12.4 Å². The van der Waals surface area contributed by atoms with Gasteiger partial charge < -0.3 is 10.4 Å². The molecule has 0 unspecified atom stereocenters. The molecule has 2 N–H and O–H groups in total. The Morgan fingerprint density at radius 1 is 1.42 bits per heavy atom. The predicted octanol–water partition coefficient (Wildman–Crippen LogP) is 1.88. The Morgan fingerprint density at radius 2 is 2.11 bits per heavy atom. The Labute approximate surface area is 111 Å². The van der Waals surface area contributed by atoms with Crippen molar-refractivity contribution in [3.63, 3.8) is 0 Å². The molecule has 1 aliphatic rings. The molecule has 6 nitrogen and oxygen atoms in total. The zero-order chi connectivity index (χ0) is 13.9. The van der Waals surface area contributed by atoms with Gasteiger partial charge in [0, 0.05) is 11.6 Å². The number of carboxylic acid groups (broad SMARTS) is 1. The summed E-state index contributed by atoms with van der Waals surface area (Å²) < 4.78 is 1.29. The minimum atomic E-state index is -0.958. The number of carbonyl (C=O) groups is 2. The summed E-state index contributed by atoms with van der Waals surface area (Å²) >= 11 is 0. The molecule has 0 spiro atoms. The van der Waals surface area contributed by atoms with E-state index in [2.05, 4.69) is 10.4 Å². The van der Waals surface area contributed by atoms with Crippen molar-refractivity contribution in [3.05, 3.63) is 12.4 Å². The molecule has 104 valence electrons. The molecule has 1 heterocycles. The molecule has 1 saturated carbocycles. The number of carboxylic acids is 1. The maximum Gasteiger partial charge on any atom is 0.325 e. The third kappa shape index (κ3) is 3.33. The van der Waals surface area contributed by atoms with E-state index in [4.69, 9.17) is 5.11 Å². The van der Waals surface area contributed by atoms with Gasteiger partial charge >= 0.3 is 5.97 Å². The Bertz CT molecular complexity index is 475. The molecule has 19 heavy (non-hydrogen) atoms. The molecule has 1 aromatic heterocycles. The van der Waals surface area contributed by atoms with Crippen LogP contribution in [0.4, 0.5) is 5.69 Å². The summed E-state index contributed by atoms with van der Waals surface area (Å²) in [6, 6.07) is 0. The van der Waals surface area contributed by atoms with Gasteiger partial charge in [-0.1, -0.05) is 26.2 Å². The number of nitrogens with one attached hydrogen (secondary N) is 1. The fourth-order valence-electron chi connectivity index (χ4n) is 2.49. The van der Waals surface area contributed by atoms with E-state index in [-0.39, 0.29) is 17.9 Å². The number of aromatic nitrogens is 2. The maximum atomic E-state index is 12.3. The molecule has 0 aliphatic heterocycles. The van der Waals surface area contributed by atoms with Gasteiger partial charge in [-0.2, -0.15) is 5.10 Å². The number of hydrogen-bond donors (Lipinski definition) is 2. The number of rotatable bonds is 4. The van der Waals surface area contributed by atoms with Gasteiger partial charge in [0.05, 0.1) is 11.9 Å². The zero-order valence-corrected chi connectivity index (χ0v) is 11.1. The highest BCUT2D eigenvalue weighted by atomic mass is 16.4. The molecule has 1 aromatic rings. The number of anilines is 1. The van der Waals surface area contributed by atoms with E-state index < -0.39 is 5.97 Å². The second-order valence-electron chi connectivity index (χ2n) is 5.40. The number of carbonyl (C=O) groups excluding carboxylic acids is 1. The first-order chi connectivity index (χ1) is 8.99. The molecule has 1 aliphatic carbocycles. The average Bonchev–Trinajstić information content (AvgIpc) is 2.76. The van der Waals surface area contributed by atoms with Crippen LogP contribution in [0.3, 0.4) is 0 Å². The first kappa shape index (κ1) is 13.6. The van der Waals surface area contributed by atoms with Gasteiger partial charge in [0.25, 0.3) is 0 Å². The summed E-state index contributed by atoms with van der Waals surface area (Å²) in [6.45, 7) is 1.79. The van der Waals surface area contributed by atoms with E-state index in [0.717, 1.165) is 25.7 Å². The summed E-state index contributed by atoms with van der Waals surface area (Å²) in [6.07, 6.45) is 8.19. The summed E-state index contributed by atoms with van der Waals surface area (Å²) in [5.74, 6) is -0.956. The molecule has 1 amide bonds. The molecule has 1 fully saturated rings. The highest BCUT2D eigenvalue weighted by Crippen LogP contribution is 2.36. The topological polar surface area (TPSA) is 84.2 Å². The van der Waals surface area contributed by atoms with E-state index in [9.17, 15) is 9.59 Å². The van der Waals surface area contributed by atoms with Gasteiger partial charge in [-0.15, -0.1) is 0 Å². The van der Waals surface area contributed by atoms with Crippen LogP contribution in [0.2, 0.25) is 0 Å². The van der Waals surface area contributed by atoms with Gasteiger partial charge in [0.2, 0.25) is 5.91 Å². The summed E-state index contributed by atoms with van der Waals surface area (Å²) in [7, 11) is 0. The first-order valence-corrected chi connectivity index (χ1v) is 6.55. The van der Waals surface area contributed by atoms with Crippen molar-refractivity contribution in [2.75, 3.05) is 5.32 Å². The van der Waals surface area contributed by atoms with Crippen LogP contribution in [0.25, 0.3) is 0 Å². The van der Waals surface area contributed by atoms with Crippen LogP contribution in [-0.4, -0.2) is 26.8 Å². The van der Waals surface area contributed by atoms with E-state index in [1.165, 1.54) is 23.5 Å². The quantitative estimate of drug-likeness (QED) is 0.870. The number of nitrogens with zero attached hydrogens (tertiary/aromatic N) is 2. The van der Waals surface area contributed by atoms with Crippen molar-refractivity contribution in [3.8, 4) is 0 Å². The minimum Gasteiger partial charge on any atom is -0.480 e. The summed E-state index contributed by atoms with van der Waals surface area (Å²) in [5, 5.41) is 15.4. The van der Waals surface area contributed by atoms with Crippen LogP contribution < -0.4 is 5.32 Å². The van der Waals surface area contributed by atoms with Gasteiger partial charge in [-0.3, -0.25) is 14.3 Å². The Kier molecular flexibility index (Phi) is 3.87. The van der Waals surface area contributed by atoms with Crippen molar-refractivity contribution < 1.29 is 14.7 Å². The summed E-state index contributed by atoms with van der Waals surface area (Å²) in [4.78, 5) is 22.8. The lowest BCUT2D eigenvalue weighted by molar-refractivity contribution is -0.137. The first-order valence-electron chi connectivity index (χ1n) is 6.55. The van der Waals surface area contributed by atoms with E-state index in [1.54, 1.807) is 0 Å². The number of hydrogen-bond acceptors (Lipinski definition) is 3. The van der Waals surface area contributed by atoms with Crippen LogP contribution in [0.5, 0.6) is 0 Å².